The molecule has 1 atom stereocenters. The SMILES string of the molecule is COc1cccc([C@@H](O)C(=O)Nc2ccc3nn(C(C)C)cc3c2)c1. The highest BCUT2D eigenvalue weighted by atomic mass is 16.5. The molecule has 0 fully saturated rings. The van der Waals surface area contributed by atoms with Crippen LogP contribution >= 0.6 is 0 Å². The Morgan fingerprint density at radius 1 is 1.24 bits per heavy atom. The van der Waals surface area contributed by atoms with Crippen LogP contribution < -0.4 is 10.1 Å². The normalized spacial score (nSPS) is 12.4. The van der Waals surface area contributed by atoms with Gasteiger partial charge in [-0.25, -0.2) is 0 Å². The van der Waals surface area contributed by atoms with E-state index in [2.05, 4.69) is 24.3 Å². The zero-order valence-electron chi connectivity index (χ0n) is 14.4. The number of hydrogen-bond acceptors (Lipinski definition) is 4. The third-order valence-electron chi connectivity index (χ3n) is 3.98. The lowest BCUT2D eigenvalue weighted by Crippen LogP contribution is -2.20. The molecule has 3 aromatic rings. The van der Waals surface area contributed by atoms with Crippen LogP contribution in [-0.4, -0.2) is 27.9 Å². The maximum absolute atomic E-state index is 12.3. The van der Waals surface area contributed by atoms with Crippen LogP contribution in [0.25, 0.3) is 10.9 Å². The predicted molar refractivity (Wildman–Crippen MR) is 96.7 cm³/mol. The van der Waals surface area contributed by atoms with Crippen molar-refractivity contribution in [1.82, 2.24) is 9.78 Å². The van der Waals surface area contributed by atoms with Gasteiger partial charge in [0.1, 0.15) is 5.75 Å². The minimum Gasteiger partial charge on any atom is -0.497 e. The molecule has 1 amide bonds. The highest BCUT2D eigenvalue weighted by Crippen LogP contribution is 2.23. The number of aliphatic hydroxyl groups is 1. The third kappa shape index (κ3) is 3.64. The van der Waals surface area contributed by atoms with Gasteiger partial charge in [-0.05, 0) is 49.7 Å². The van der Waals surface area contributed by atoms with Gasteiger partial charge in [0.2, 0.25) is 0 Å². The number of amides is 1. The molecule has 25 heavy (non-hydrogen) atoms. The van der Waals surface area contributed by atoms with Crippen LogP contribution in [0.5, 0.6) is 5.75 Å². The van der Waals surface area contributed by atoms with Crippen LogP contribution in [-0.2, 0) is 4.79 Å². The first-order chi connectivity index (χ1) is 12.0. The number of benzene rings is 2. The van der Waals surface area contributed by atoms with Crippen molar-refractivity contribution in [2.45, 2.75) is 26.0 Å². The molecule has 6 heteroatoms. The van der Waals surface area contributed by atoms with Gasteiger partial charge >= 0.3 is 0 Å². The maximum atomic E-state index is 12.3. The molecule has 0 aliphatic heterocycles. The van der Waals surface area contributed by atoms with E-state index < -0.39 is 12.0 Å². The fourth-order valence-electron chi connectivity index (χ4n) is 2.56. The van der Waals surface area contributed by atoms with E-state index in [-0.39, 0.29) is 6.04 Å². The Balaban J connectivity index is 1.78. The van der Waals surface area contributed by atoms with Gasteiger partial charge in [0.25, 0.3) is 5.91 Å². The zero-order valence-corrected chi connectivity index (χ0v) is 14.4. The highest BCUT2D eigenvalue weighted by molar-refractivity contribution is 5.96. The lowest BCUT2D eigenvalue weighted by atomic mass is 10.1. The van der Waals surface area contributed by atoms with Gasteiger partial charge in [-0.15, -0.1) is 0 Å². The van der Waals surface area contributed by atoms with Crippen molar-refractivity contribution in [2.75, 3.05) is 12.4 Å². The van der Waals surface area contributed by atoms with Gasteiger partial charge in [-0.2, -0.15) is 5.10 Å². The van der Waals surface area contributed by atoms with Crippen molar-refractivity contribution in [3.05, 3.63) is 54.2 Å². The summed E-state index contributed by atoms with van der Waals surface area (Å²) in [6.45, 7) is 4.11. The Kier molecular flexibility index (Phi) is 4.72. The molecule has 0 unspecified atom stereocenters. The van der Waals surface area contributed by atoms with Crippen molar-refractivity contribution in [2.24, 2.45) is 0 Å². The molecule has 1 heterocycles. The Morgan fingerprint density at radius 2 is 2.04 bits per heavy atom. The monoisotopic (exact) mass is 339 g/mol. The summed E-state index contributed by atoms with van der Waals surface area (Å²) in [5, 5.41) is 18.4. The lowest BCUT2D eigenvalue weighted by Gasteiger charge is -2.12. The van der Waals surface area contributed by atoms with E-state index in [0.717, 1.165) is 10.9 Å². The summed E-state index contributed by atoms with van der Waals surface area (Å²) in [5.41, 5.74) is 1.95. The van der Waals surface area contributed by atoms with Crippen LogP contribution in [0, 0.1) is 0 Å². The third-order valence-corrected chi connectivity index (χ3v) is 3.98. The first-order valence-corrected chi connectivity index (χ1v) is 8.09. The average Bonchev–Trinajstić information content (AvgIpc) is 3.04. The molecular formula is C19H21N3O3. The fraction of sp³-hybridized carbons (Fsp3) is 0.263. The van der Waals surface area contributed by atoms with Crippen LogP contribution in [0.2, 0.25) is 0 Å². The molecule has 0 radical (unpaired) electrons. The maximum Gasteiger partial charge on any atom is 0.257 e. The number of aliphatic hydroxyl groups excluding tert-OH is 1. The second-order valence-electron chi connectivity index (χ2n) is 6.14. The summed E-state index contributed by atoms with van der Waals surface area (Å²) >= 11 is 0. The quantitative estimate of drug-likeness (QED) is 0.748. The van der Waals surface area contributed by atoms with E-state index in [1.807, 2.05) is 23.0 Å². The summed E-state index contributed by atoms with van der Waals surface area (Å²) in [5.74, 6) is 0.0933. The Morgan fingerprint density at radius 3 is 2.76 bits per heavy atom. The smallest absolute Gasteiger partial charge is 0.257 e. The molecule has 0 aliphatic rings. The van der Waals surface area contributed by atoms with Gasteiger partial charge in [-0.1, -0.05) is 12.1 Å². The summed E-state index contributed by atoms with van der Waals surface area (Å²) < 4.78 is 7.00. The van der Waals surface area contributed by atoms with E-state index in [9.17, 15) is 9.90 Å². The van der Waals surface area contributed by atoms with Crippen molar-refractivity contribution in [3.63, 3.8) is 0 Å². The van der Waals surface area contributed by atoms with E-state index in [0.29, 0.717) is 17.0 Å². The van der Waals surface area contributed by atoms with Crippen LogP contribution in [0.1, 0.15) is 31.6 Å². The number of ether oxygens (including phenoxy) is 1. The number of nitrogens with zero attached hydrogens (tertiary/aromatic N) is 2. The van der Waals surface area contributed by atoms with Gasteiger partial charge in [0.05, 0.1) is 12.6 Å². The molecule has 0 saturated heterocycles. The number of carbonyl (C=O) groups is 1. The summed E-state index contributed by atoms with van der Waals surface area (Å²) in [6, 6.07) is 12.5. The van der Waals surface area contributed by atoms with Crippen LogP contribution in [0.4, 0.5) is 5.69 Å². The minimum atomic E-state index is -1.27. The number of fused-ring (bicyclic) bond motifs is 1. The van der Waals surface area contributed by atoms with Gasteiger partial charge in [0, 0.05) is 23.3 Å². The number of hydrogen-bond donors (Lipinski definition) is 2. The predicted octanol–water partition coefficient (Wildman–Crippen LogP) is 3.30. The lowest BCUT2D eigenvalue weighted by molar-refractivity contribution is -0.124. The van der Waals surface area contributed by atoms with Crippen LogP contribution in [0.15, 0.2) is 48.7 Å². The van der Waals surface area contributed by atoms with Crippen molar-refractivity contribution in [1.29, 1.82) is 0 Å². The Hall–Kier alpha value is -2.86. The number of aromatic nitrogens is 2. The van der Waals surface area contributed by atoms with Gasteiger partial charge in [0.15, 0.2) is 6.10 Å². The minimum absolute atomic E-state index is 0.264. The summed E-state index contributed by atoms with van der Waals surface area (Å²) in [4.78, 5) is 12.3. The largest absolute Gasteiger partial charge is 0.497 e. The molecule has 3 rings (SSSR count). The second kappa shape index (κ2) is 6.94. The van der Waals surface area contributed by atoms with Crippen molar-refractivity contribution < 1.29 is 14.6 Å². The van der Waals surface area contributed by atoms with Gasteiger partial charge < -0.3 is 15.2 Å². The number of carbonyl (C=O) groups excluding carboxylic acids is 1. The van der Waals surface area contributed by atoms with Crippen molar-refractivity contribution in [3.8, 4) is 5.75 Å². The van der Waals surface area contributed by atoms with E-state index in [1.54, 1.807) is 30.3 Å². The number of nitrogens with one attached hydrogen (secondary N) is 1. The highest BCUT2D eigenvalue weighted by Gasteiger charge is 2.18. The Bertz CT molecular complexity index is 902. The molecule has 130 valence electrons. The molecular weight excluding hydrogens is 318 g/mol. The first-order valence-electron chi connectivity index (χ1n) is 8.09. The molecule has 0 bridgehead atoms. The van der Waals surface area contributed by atoms with E-state index in [4.69, 9.17) is 4.74 Å². The standard InChI is InChI=1S/C19H21N3O3/c1-12(2)22-11-14-9-15(7-8-17(14)21-22)20-19(24)18(23)13-5-4-6-16(10-13)25-3/h4-12,18,23H,1-3H3,(H,20,24)/t18-/m1/s1. The molecule has 6 nitrogen and oxygen atoms in total. The molecule has 0 saturated carbocycles. The number of rotatable bonds is 5. The molecule has 2 N–H and O–H groups in total. The average molecular weight is 339 g/mol. The Labute approximate surface area is 146 Å². The summed E-state index contributed by atoms with van der Waals surface area (Å²) in [7, 11) is 1.54. The summed E-state index contributed by atoms with van der Waals surface area (Å²) in [6.07, 6.45) is 0.665. The van der Waals surface area contributed by atoms with Crippen LogP contribution in [0.3, 0.4) is 0 Å². The molecule has 0 aliphatic carbocycles. The second-order valence-corrected chi connectivity index (χ2v) is 6.14. The number of anilines is 1. The molecule has 1 aromatic heterocycles. The topological polar surface area (TPSA) is 76.4 Å². The van der Waals surface area contributed by atoms with E-state index in [1.165, 1.54) is 7.11 Å². The first kappa shape index (κ1) is 17.0. The van der Waals surface area contributed by atoms with E-state index >= 15 is 0 Å². The number of methoxy groups -OCH3 is 1. The van der Waals surface area contributed by atoms with Crippen molar-refractivity contribution >= 4 is 22.5 Å². The zero-order chi connectivity index (χ0) is 18.0. The van der Waals surface area contributed by atoms with Gasteiger partial charge in [-0.3, -0.25) is 9.48 Å². The fourth-order valence-corrected chi connectivity index (χ4v) is 2.56. The molecule has 0 spiro atoms. The molecule has 2 aromatic carbocycles.